The second-order valence-electron chi connectivity index (χ2n) is 6.17. The predicted octanol–water partition coefficient (Wildman–Crippen LogP) is 3.71. The van der Waals surface area contributed by atoms with Gasteiger partial charge in [0.25, 0.3) is 0 Å². The minimum Gasteiger partial charge on any atom is -0.327 e. The first-order chi connectivity index (χ1) is 10.1. The molecule has 0 spiro atoms. The zero-order chi connectivity index (χ0) is 14.8. The first-order valence-electron chi connectivity index (χ1n) is 7.61. The number of nitrogens with zero attached hydrogens (tertiary/aromatic N) is 2. The molecular formula is C17H24ClN3S. The molecule has 1 aromatic carbocycles. The molecule has 2 aromatic rings. The summed E-state index contributed by atoms with van der Waals surface area (Å²) in [5.74, 6) is 0.578. The standard InChI is InChI=1S/C17H23N3S.ClH/c1-12-3-5-14(6-4-12)17-19-15(11-21-17)10-20-8-7-16(18)13(2)9-20;/h3-6,11,13,16H,7-10,18H2,1-2H3;1H. The highest BCUT2D eigenvalue weighted by atomic mass is 35.5. The molecule has 1 fully saturated rings. The Hall–Kier alpha value is -0.940. The summed E-state index contributed by atoms with van der Waals surface area (Å²) >= 11 is 1.74. The van der Waals surface area contributed by atoms with E-state index in [1.165, 1.54) is 16.8 Å². The molecule has 0 amide bonds. The average molecular weight is 338 g/mol. The van der Waals surface area contributed by atoms with Gasteiger partial charge in [0, 0.05) is 36.6 Å². The first-order valence-corrected chi connectivity index (χ1v) is 8.49. The van der Waals surface area contributed by atoms with Crippen LogP contribution in [0, 0.1) is 12.8 Å². The number of benzene rings is 1. The Bertz CT molecular complexity index is 596. The molecule has 1 saturated heterocycles. The summed E-state index contributed by atoms with van der Waals surface area (Å²) in [6.45, 7) is 7.47. The number of nitrogens with two attached hydrogens (primary N) is 1. The van der Waals surface area contributed by atoms with Crippen molar-refractivity contribution < 1.29 is 0 Å². The van der Waals surface area contributed by atoms with Gasteiger partial charge in [0.1, 0.15) is 5.01 Å². The third-order valence-corrected chi connectivity index (χ3v) is 5.23. The highest BCUT2D eigenvalue weighted by Gasteiger charge is 2.23. The van der Waals surface area contributed by atoms with E-state index in [2.05, 4.69) is 48.4 Å². The number of rotatable bonds is 3. The summed E-state index contributed by atoms with van der Waals surface area (Å²) in [6, 6.07) is 8.95. The second kappa shape index (κ2) is 7.55. The Morgan fingerprint density at radius 3 is 2.73 bits per heavy atom. The zero-order valence-electron chi connectivity index (χ0n) is 13.2. The summed E-state index contributed by atoms with van der Waals surface area (Å²) in [4.78, 5) is 7.27. The van der Waals surface area contributed by atoms with Gasteiger partial charge in [0.15, 0.2) is 0 Å². The third-order valence-electron chi connectivity index (χ3n) is 4.29. The molecule has 120 valence electrons. The molecule has 3 nitrogen and oxygen atoms in total. The lowest BCUT2D eigenvalue weighted by molar-refractivity contribution is 0.156. The maximum absolute atomic E-state index is 6.09. The van der Waals surface area contributed by atoms with Gasteiger partial charge in [-0.05, 0) is 19.3 Å². The molecule has 2 unspecified atom stereocenters. The number of likely N-dealkylation sites (tertiary alicyclic amines) is 1. The Morgan fingerprint density at radius 2 is 2.05 bits per heavy atom. The van der Waals surface area contributed by atoms with Crippen LogP contribution >= 0.6 is 23.7 Å². The van der Waals surface area contributed by atoms with Crippen molar-refractivity contribution in [2.75, 3.05) is 13.1 Å². The van der Waals surface area contributed by atoms with E-state index in [-0.39, 0.29) is 12.4 Å². The van der Waals surface area contributed by atoms with E-state index in [1.54, 1.807) is 11.3 Å². The lowest BCUT2D eigenvalue weighted by Crippen LogP contribution is -2.45. The Kier molecular flexibility index (Phi) is 5.98. The molecule has 0 aliphatic carbocycles. The summed E-state index contributed by atoms with van der Waals surface area (Å²) in [5.41, 5.74) is 9.76. The predicted molar refractivity (Wildman–Crippen MR) is 96.6 cm³/mol. The van der Waals surface area contributed by atoms with E-state index in [9.17, 15) is 0 Å². The molecule has 0 saturated carbocycles. The number of piperidine rings is 1. The van der Waals surface area contributed by atoms with Crippen LogP contribution in [0.4, 0.5) is 0 Å². The number of aromatic nitrogens is 1. The first kappa shape index (κ1) is 17.4. The zero-order valence-corrected chi connectivity index (χ0v) is 14.8. The summed E-state index contributed by atoms with van der Waals surface area (Å²) in [5, 5.41) is 3.31. The highest BCUT2D eigenvalue weighted by Crippen LogP contribution is 2.25. The van der Waals surface area contributed by atoms with Crippen LogP contribution in [0.5, 0.6) is 0 Å². The Balaban J connectivity index is 0.00000176. The molecule has 3 rings (SSSR count). The number of halogens is 1. The molecule has 5 heteroatoms. The molecule has 2 heterocycles. The van der Waals surface area contributed by atoms with Crippen LogP contribution in [0.25, 0.3) is 10.6 Å². The minimum atomic E-state index is 0. The fourth-order valence-corrected chi connectivity index (χ4v) is 3.65. The number of hydrogen-bond donors (Lipinski definition) is 1. The van der Waals surface area contributed by atoms with Crippen LogP contribution in [0.3, 0.4) is 0 Å². The van der Waals surface area contributed by atoms with E-state index in [1.807, 2.05) is 0 Å². The minimum absolute atomic E-state index is 0. The molecule has 1 aliphatic rings. The van der Waals surface area contributed by atoms with E-state index < -0.39 is 0 Å². The highest BCUT2D eigenvalue weighted by molar-refractivity contribution is 7.13. The van der Waals surface area contributed by atoms with E-state index >= 15 is 0 Å². The molecule has 1 aliphatic heterocycles. The Labute approximate surface area is 143 Å². The van der Waals surface area contributed by atoms with Gasteiger partial charge in [-0.2, -0.15) is 0 Å². The van der Waals surface area contributed by atoms with Crippen molar-refractivity contribution >= 4 is 23.7 Å². The molecule has 0 bridgehead atoms. The van der Waals surface area contributed by atoms with Gasteiger partial charge < -0.3 is 5.73 Å². The lowest BCUT2D eigenvalue weighted by Gasteiger charge is -2.34. The van der Waals surface area contributed by atoms with E-state index in [0.29, 0.717) is 12.0 Å². The van der Waals surface area contributed by atoms with Crippen LogP contribution in [-0.4, -0.2) is 29.0 Å². The van der Waals surface area contributed by atoms with Crippen LogP contribution in [0.1, 0.15) is 24.6 Å². The van der Waals surface area contributed by atoms with Gasteiger partial charge in [-0.3, -0.25) is 4.90 Å². The van der Waals surface area contributed by atoms with Gasteiger partial charge in [-0.1, -0.05) is 36.8 Å². The van der Waals surface area contributed by atoms with Gasteiger partial charge in [-0.15, -0.1) is 23.7 Å². The van der Waals surface area contributed by atoms with Crippen molar-refractivity contribution in [2.45, 2.75) is 32.9 Å². The summed E-state index contributed by atoms with van der Waals surface area (Å²) in [7, 11) is 0. The monoisotopic (exact) mass is 337 g/mol. The maximum Gasteiger partial charge on any atom is 0.123 e. The lowest BCUT2D eigenvalue weighted by atomic mass is 9.95. The SMILES string of the molecule is Cc1ccc(-c2nc(CN3CCC(N)C(C)C3)cs2)cc1.Cl. The molecular weight excluding hydrogens is 314 g/mol. The Morgan fingerprint density at radius 1 is 1.32 bits per heavy atom. The van der Waals surface area contributed by atoms with Crippen LogP contribution in [0.15, 0.2) is 29.6 Å². The summed E-state index contributed by atoms with van der Waals surface area (Å²) < 4.78 is 0. The fraction of sp³-hybridized carbons (Fsp3) is 0.471. The number of aryl methyl sites for hydroxylation is 1. The smallest absolute Gasteiger partial charge is 0.123 e. The van der Waals surface area contributed by atoms with Crippen LogP contribution < -0.4 is 5.73 Å². The summed E-state index contributed by atoms with van der Waals surface area (Å²) in [6.07, 6.45) is 1.09. The van der Waals surface area contributed by atoms with Crippen LogP contribution in [-0.2, 0) is 6.54 Å². The maximum atomic E-state index is 6.09. The molecule has 22 heavy (non-hydrogen) atoms. The van der Waals surface area contributed by atoms with Crippen molar-refractivity contribution in [1.29, 1.82) is 0 Å². The second-order valence-corrected chi connectivity index (χ2v) is 7.03. The normalized spacial score (nSPS) is 22.3. The van der Waals surface area contributed by atoms with Crippen molar-refractivity contribution in [3.05, 3.63) is 40.9 Å². The van der Waals surface area contributed by atoms with Crippen molar-refractivity contribution in [3.63, 3.8) is 0 Å². The van der Waals surface area contributed by atoms with E-state index in [4.69, 9.17) is 10.7 Å². The largest absolute Gasteiger partial charge is 0.327 e. The van der Waals surface area contributed by atoms with Crippen molar-refractivity contribution in [1.82, 2.24) is 9.88 Å². The molecule has 2 N–H and O–H groups in total. The van der Waals surface area contributed by atoms with Gasteiger partial charge >= 0.3 is 0 Å². The topological polar surface area (TPSA) is 42.2 Å². The van der Waals surface area contributed by atoms with Crippen molar-refractivity contribution in [2.24, 2.45) is 11.7 Å². The third kappa shape index (κ3) is 4.07. The number of thiazole rings is 1. The quantitative estimate of drug-likeness (QED) is 0.928. The van der Waals surface area contributed by atoms with E-state index in [0.717, 1.165) is 31.1 Å². The fourth-order valence-electron chi connectivity index (χ4n) is 2.83. The van der Waals surface area contributed by atoms with Gasteiger partial charge in [0.05, 0.1) is 5.69 Å². The molecule has 0 radical (unpaired) electrons. The van der Waals surface area contributed by atoms with Crippen LogP contribution in [0.2, 0.25) is 0 Å². The van der Waals surface area contributed by atoms with Gasteiger partial charge in [0.2, 0.25) is 0 Å². The average Bonchev–Trinajstić information content (AvgIpc) is 2.92. The van der Waals surface area contributed by atoms with Crippen molar-refractivity contribution in [3.8, 4) is 10.6 Å². The molecule has 2 atom stereocenters. The van der Waals surface area contributed by atoms with Gasteiger partial charge in [-0.25, -0.2) is 4.98 Å². The molecule has 1 aromatic heterocycles. The number of hydrogen-bond acceptors (Lipinski definition) is 4.